The minimum absolute atomic E-state index is 0.133. The Morgan fingerprint density at radius 2 is 1.74 bits per heavy atom. The molecule has 5 nitrogen and oxygen atoms in total. The molecule has 4 aromatic rings. The first-order chi connectivity index (χ1) is 15.0. The van der Waals surface area contributed by atoms with E-state index in [2.05, 4.69) is 20.8 Å². The van der Waals surface area contributed by atoms with Crippen LogP contribution in [0.15, 0.2) is 77.3 Å². The molecule has 0 bridgehead atoms. The SMILES string of the molecule is CN(C)CCN(C(=O)c1ccccc1Oc1ccccc1)c1nc2ccc(Br)cc2s1. The molecule has 0 aliphatic carbocycles. The molecular weight excluding hydrogens is 474 g/mol. The number of anilines is 1. The molecule has 4 rings (SSSR count). The monoisotopic (exact) mass is 495 g/mol. The Morgan fingerprint density at radius 3 is 2.52 bits per heavy atom. The lowest BCUT2D eigenvalue weighted by atomic mass is 10.1. The number of ether oxygens (including phenoxy) is 1. The van der Waals surface area contributed by atoms with E-state index in [4.69, 9.17) is 9.72 Å². The Bertz CT molecular complexity index is 1190. The van der Waals surface area contributed by atoms with Crippen LogP contribution in [0.1, 0.15) is 10.4 Å². The summed E-state index contributed by atoms with van der Waals surface area (Å²) >= 11 is 5.02. The van der Waals surface area contributed by atoms with Crippen molar-refractivity contribution < 1.29 is 9.53 Å². The van der Waals surface area contributed by atoms with Crippen molar-refractivity contribution in [3.05, 3.63) is 82.8 Å². The fraction of sp³-hybridized carbons (Fsp3) is 0.167. The van der Waals surface area contributed by atoms with Gasteiger partial charge in [0.05, 0.1) is 15.8 Å². The number of hydrogen-bond acceptors (Lipinski definition) is 5. The summed E-state index contributed by atoms with van der Waals surface area (Å²) in [4.78, 5) is 22.2. The average Bonchev–Trinajstić information content (AvgIpc) is 3.17. The second-order valence-electron chi connectivity index (χ2n) is 7.28. The number of aromatic nitrogens is 1. The number of likely N-dealkylation sites (N-methyl/N-ethyl adjacent to an activating group) is 1. The first-order valence-electron chi connectivity index (χ1n) is 9.86. The maximum absolute atomic E-state index is 13.7. The van der Waals surface area contributed by atoms with Crippen molar-refractivity contribution in [1.82, 2.24) is 9.88 Å². The molecule has 0 atom stereocenters. The molecule has 158 valence electrons. The van der Waals surface area contributed by atoms with Crippen LogP contribution in [0.2, 0.25) is 0 Å². The van der Waals surface area contributed by atoms with Crippen molar-refractivity contribution in [1.29, 1.82) is 0 Å². The number of carbonyl (C=O) groups excluding carboxylic acids is 1. The molecule has 0 saturated carbocycles. The van der Waals surface area contributed by atoms with Gasteiger partial charge in [-0.15, -0.1) is 0 Å². The van der Waals surface area contributed by atoms with Gasteiger partial charge in [-0.2, -0.15) is 0 Å². The van der Waals surface area contributed by atoms with Crippen molar-refractivity contribution in [2.75, 3.05) is 32.1 Å². The second-order valence-corrected chi connectivity index (χ2v) is 9.20. The third-order valence-electron chi connectivity index (χ3n) is 4.67. The third kappa shape index (κ3) is 5.12. The zero-order valence-corrected chi connectivity index (χ0v) is 19.7. The highest BCUT2D eigenvalue weighted by atomic mass is 79.9. The van der Waals surface area contributed by atoms with E-state index in [-0.39, 0.29) is 5.91 Å². The van der Waals surface area contributed by atoms with Gasteiger partial charge in [0.1, 0.15) is 11.5 Å². The van der Waals surface area contributed by atoms with Crippen molar-refractivity contribution in [2.45, 2.75) is 0 Å². The van der Waals surface area contributed by atoms with Gasteiger partial charge in [-0.1, -0.05) is 57.6 Å². The molecule has 1 amide bonds. The Labute approximate surface area is 194 Å². The number of hydrogen-bond donors (Lipinski definition) is 0. The highest BCUT2D eigenvalue weighted by Crippen LogP contribution is 2.33. The zero-order valence-electron chi connectivity index (χ0n) is 17.3. The van der Waals surface area contributed by atoms with E-state index in [0.29, 0.717) is 35.3 Å². The van der Waals surface area contributed by atoms with Crippen molar-refractivity contribution in [3.8, 4) is 11.5 Å². The van der Waals surface area contributed by atoms with Crippen LogP contribution in [-0.2, 0) is 0 Å². The normalized spacial score (nSPS) is 11.1. The summed E-state index contributed by atoms with van der Waals surface area (Å²) in [5, 5.41) is 0.675. The predicted molar refractivity (Wildman–Crippen MR) is 131 cm³/mol. The molecule has 0 radical (unpaired) electrons. The smallest absolute Gasteiger partial charge is 0.263 e. The number of para-hydroxylation sites is 2. The summed E-state index contributed by atoms with van der Waals surface area (Å²) in [5.41, 5.74) is 1.38. The number of carbonyl (C=O) groups is 1. The number of nitrogens with zero attached hydrogens (tertiary/aromatic N) is 3. The number of thiazole rings is 1. The summed E-state index contributed by atoms with van der Waals surface area (Å²) in [5.74, 6) is 1.08. The molecule has 0 aliphatic rings. The number of fused-ring (bicyclic) bond motifs is 1. The van der Waals surface area contributed by atoms with Crippen LogP contribution < -0.4 is 9.64 Å². The number of halogens is 1. The average molecular weight is 496 g/mol. The molecule has 0 fully saturated rings. The van der Waals surface area contributed by atoms with E-state index in [9.17, 15) is 4.79 Å². The second kappa shape index (κ2) is 9.60. The Balaban J connectivity index is 1.71. The zero-order chi connectivity index (χ0) is 21.8. The van der Waals surface area contributed by atoms with E-state index < -0.39 is 0 Å². The topological polar surface area (TPSA) is 45.7 Å². The summed E-state index contributed by atoms with van der Waals surface area (Å²) in [6, 6.07) is 22.8. The number of benzene rings is 3. The molecule has 1 heterocycles. The molecule has 0 aliphatic heterocycles. The highest BCUT2D eigenvalue weighted by molar-refractivity contribution is 9.10. The van der Waals surface area contributed by atoms with Gasteiger partial charge in [0.25, 0.3) is 5.91 Å². The van der Waals surface area contributed by atoms with Gasteiger partial charge in [0.15, 0.2) is 5.13 Å². The van der Waals surface area contributed by atoms with E-state index in [1.54, 1.807) is 11.0 Å². The Morgan fingerprint density at radius 1 is 1.00 bits per heavy atom. The maximum Gasteiger partial charge on any atom is 0.263 e. The lowest BCUT2D eigenvalue weighted by Crippen LogP contribution is -2.36. The van der Waals surface area contributed by atoms with Gasteiger partial charge in [-0.3, -0.25) is 9.69 Å². The van der Waals surface area contributed by atoms with Gasteiger partial charge in [-0.05, 0) is 56.6 Å². The first kappa shape index (κ1) is 21.5. The summed E-state index contributed by atoms with van der Waals surface area (Å²) in [6.07, 6.45) is 0. The summed E-state index contributed by atoms with van der Waals surface area (Å²) < 4.78 is 8.05. The third-order valence-corrected chi connectivity index (χ3v) is 6.21. The first-order valence-corrected chi connectivity index (χ1v) is 11.5. The number of amides is 1. The largest absolute Gasteiger partial charge is 0.457 e. The molecule has 0 spiro atoms. The van der Waals surface area contributed by atoms with E-state index in [0.717, 1.165) is 14.7 Å². The summed E-state index contributed by atoms with van der Waals surface area (Å²) in [7, 11) is 3.98. The summed E-state index contributed by atoms with van der Waals surface area (Å²) in [6.45, 7) is 1.24. The van der Waals surface area contributed by atoms with E-state index in [1.807, 2.05) is 80.8 Å². The van der Waals surface area contributed by atoms with Crippen molar-refractivity contribution >= 4 is 48.5 Å². The van der Waals surface area contributed by atoms with Crippen molar-refractivity contribution in [3.63, 3.8) is 0 Å². The highest BCUT2D eigenvalue weighted by Gasteiger charge is 2.24. The van der Waals surface area contributed by atoms with Crippen LogP contribution >= 0.6 is 27.3 Å². The van der Waals surface area contributed by atoms with Crippen LogP contribution in [-0.4, -0.2) is 43.0 Å². The molecule has 0 unspecified atom stereocenters. The Hall–Kier alpha value is -2.74. The predicted octanol–water partition coefficient (Wildman–Crippen LogP) is 6.06. The van der Waals surface area contributed by atoms with Crippen LogP contribution in [0.5, 0.6) is 11.5 Å². The fourth-order valence-corrected chi connectivity index (χ4v) is 4.62. The lowest BCUT2D eigenvalue weighted by molar-refractivity contribution is 0.0983. The van der Waals surface area contributed by atoms with Gasteiger partial charge >= 0.3 is 0 Å². The van der Waals surface area contributed by atoms with E-state index >= 15 is 0 Å². The molecule has 7 heteroatoms. The number of rotatable bonds is 7. The minimum atomic E-state index is -0.133. The molecule has 0 N–H and O–H groups in total. The molecule has 31 heavy (non-hydrogen) atoms. The van der Waals surface area contributed by atoms with Crippen molar-refractivity contribution in [2.24, 2.45) is 0 Å². The van der Waals surface area contributed by atoms with Crippen LogP contribution in [0, 0.1) is 0 Å². The lowest BCUT2D eigenvalue weighted by Gasteiger charge is -2.23. The van der Waals surface area contributed by atoms with Gasteiger partial charge in [0.2, 0.25) is 0 Å². The van der Waals surface area contributed by atoms with Crippen LogP contribution in [0.4, 0.5) is 5.13 Å². The molecule has 0 saturated heterocycles. The quantitative estimate of drug-likeness (QED) is 0.312. The molecule has 3 aromatic carbocycles. The minimum Gasteiger partial charge on any atom is -0.457 e. The standard InChI is InChI=1S/C24H22BrN3O2S/c1-27(2)14-15-28(24-26-20-13-12-17(25)16-22(20)31-24)23(29)19-10-6-7-11-21(19)30-18-8-4-3-5-9-18/h3-13,16H,14-15H2,1-2H3. The molecular formula is C24H22BrN3O2S. The van der Waals surface area contributed by atoms with Crippen LogP contribution in [0.25, 0.3) is 10.2 Å². The van der Waals surface area contributed by atoms with E-state index in [1.165, 1.54) is 11.3 Å². The molecule has 1 aromatic heterocycles. The Kier molecular flexibility index (Phi) is 6.65. The van der Waals surface area contributed by atoms with Gasteiger partial charge in [0, 0.05) is 17.6 Å². The maximum atomic E-state index is 13.7. The van der Waals surface area contributed by atoms with Gasteiger partial charge < -0.3 is 9.64 Å². The fourth-order valence-electron chi connectivity index (χ4n) is 3.08. The van der Waals surface area contributed by atoms with Gasteiger partial charge in [-0.25, -0.2) is 4.98 Å². The van der Waals surface area contributed by atoms with Crippen LogP contribution in [0.3, 0.4) is 0 Å².